The third kappa shape index (κ3) is 5.21. The molecule has 0 saturated carbocycles. The van der Waals surface area contributed by atoms with Crippen LogP contribution in [0.3, 0.4) is 0 Å². The molecule has 33 heavy (non-hydrogen) atoms. The minimum absolute atomic E-state index is 0.0563. The summed E-state index contributed by atoms with van der Waals surface area (Å²) in [5.74, 6) is -0.214. The Bertz CT molecular complexity index is 1220. The van der Waals surface area contributed by atoms with Gasteiger partial charge >= 0.3 is 0 Å². The lowest BCUT2D eigenvalue weighted by Crippen LogP contribution is -2.41. The number of sulfonamides is 1. The first-order chi connectivity index (χ1) is 15.9. The number of hydrogen-bond donors (Lipinski definition) is 0. The number of amides is 1. The zero-order chi connectivity index (χ0) is 23.4. The first kappa shape index (κ1) is 23.3. The number of hydrogen-bond acceptors (Lipinski definition) is 4. The van der Waals surface area contributed by atoms with Gasteiger partial charge in [0.25, 0.3) is 15.9 Å². The smallest absolute Gasteiger partial charge is 0.264 e. The molecule has 1 amide bonds. The Hall–Kier alpha value is -2.87. The van der Waals surface area contributed by atoms with E-state index in [9.17, 15) is 13.2 Å². The van der Waals surface area contributed by atoms with Crippen molar-refractivity contribution in [2.75, 3.05) is 30.6 Å². The largest absolute Gasteiger partial charge is 0.378 e. The van der Waals surface area contributed by atoms with Crippen molar-refractivity contribution in [3.8, 4) is 0 Å². The Kier molecular flexibility index (Phi) is 7.02. The number of rotatable bonds is 6. The molecule has 3 aromatic carbocycles. The molecule has 1 fully saturated rings. The molecular weight excluding hydrogens is 460 g/mol. The topological polar surface area (TPSA) is 66.9 Å². The fourth-order valence-electron chi connectivity index (χ4n) is 3.70. The number of ether oxygens (including phenoxy) is 1. The fraction of sp³-hybridized carbons (Fsp3) is 0.240. The van der Waals surface area contributed by atoms with Gasteiger partial charge in [-0.2, -0.15) is 0 Å². The van der Waals surface area contributed by atoms with Gasteiger partial charge in [-0.25, -0.2) is 8.42 Å². The highest BCUT2D eigenvalue weighted by Crippen LogP contribution is 2.30. The van der Waals surface area contributed by atoms with Crippen LogP contribution in [0, 0.1) is 6.92 Å². The molecule has 0 radical (unpaired) electrons. The summed E-state index contributed by atoms with van der Waals surface area (Å²) in [5.41, 5.74) is 2.39. The predicted molar refractivity (Wildman–Crippen MR) is 129 cm³/mol. The molecule has 0 spiro atoms. The van der Waals surface area contributed by atoms with Crippen LogP contribution in [-0.2, 0) is 21.3 Å². The average molecular weight is 485 g/mol. The van der Waals surface area contributed by atoms with Gasteiger partial charge in [0.15, 0.2) is 0 Å². The Balaban J connectivity index is 1.80. The quantitative estimate of drug-likeness (QED) is 0.516. The van der Waals surface area contributed by atoms with Crippen molar-refractivity contribution in [3.05, 3.63) is 94.5 Å². The number of carbonyl (C=O) groups is 1. The second kappa shape index (κ2) is 9.95. The van der Waals surface area contributed by atoms with Crippen LogP contribution >= 0.6 is 11.6 Å². The van der Waals surface area contributed by atoms with E-state index < -0.39 is 10.0 Å². The van der Waals surface area contributed by atoms with Crippen molar-refractivity contribution in [2.45, 2.75) is 18.4 Å². The van der Waals surface area contributed by atoms with Crippen LogP contribution in [-0.4, -0.2) is 45.5 Å². The summed E-state index contributed by atoms with van der Waals surface area (Å²) < 4.78 is 34.3. The Morgan fingerprint density at radius 1 is 0.970 bits per heavy atom. The number of aryl methyl sites for hydroxylation is 1. The van der Waals surface area contributed by atoms with Gasteiger partial charge in [-0.05, 0) is 48.9 Å². The number of nitrogens with zero attached hydrogens (tertiary/aromatic N) is 2. The van der Waals surface area contributed by atoms with Crippen LogP contribution in [0.15, 0.2) is 77.7 Å². The second-order valence-electron chi connectivity index (χ2n) is 7.87. The third-order valence-corrected chi connectivity index (χ3v) is 7.58. The minimum atomic E-state index is -3.96. The molecule has 4 rings (SSSR count). The summed E-state index contributed by atoms with van der Waals surface area (Å²) in [4.78, 5) is 15.2. The summed E-state index contributed by atoms with van der Waals surface area (Å²) in [6, 6.07) is 20.5. The first-order valence-electron chi connectivity index (χ1n) is 10.7. The highest BCUT2D eigenvalue weighted by molar-refractivity contribution is 7.92. The number of morpholine rings is 1. The lowest BCUT2D eigenvalue weighted by Gasteiger charge is -2.30. The van der Waals surface area contributed by atoms with Gasteiger partial charge < -0.3 is 9.64 Å². The third-order valence-electron chi connectivity index (χ3n) is 5.55. The zero-order valence-corrected chi connectivity index (χ0v) is 19.8. The van der Waals surface area contributed by atoms with Crippen molar-refractivity contribution in [1.29, 1.82) is 0 Å². The molecule has 1 heterocycles. The molecular formula is C25H25ClN2O4S. The molecule has 0 aromatic heterocycles. The molecule has 1 aliphatic heterocycles. The number of carbonyl (C=O) groups excluding carboxylic acids is 1. The van der Waals surface area contributed by atoms with E-state index >= 15 is 0 Å². The highest BCUT2D eigenvalue weighted by Gasteiger charge is 2.30. The van der Waals surface area contributed by atoms with E-state index in [1.54, 1.807) is 77.7 Å². The van der Waals surface area contributed by atoms with E-state index in [0.29, 0.717) is 42.6 Å². The number of halogens is 1. The van der Waals surface area contributed by atoms with Crippen LogP contribution in [0.4, 0.5) is 5.69 Å². The monoisotopic (exact) mass is 484 g/mol. The lowest BCUT2D eigenvalue weighted by molar-refractivity contribution is 0.0303. The van der Waals surface area contributed by atoms with Crippen molar-refractivity contribution < 1.29 is 17.9 Å². The molecule has 1 saturated heterocycles. The van der Waals surface area contributed by atoms with E-state index in [2.05, 4.69) is 0 Å². The zero-order valence-electron chi connectivity index (χ0n) is 18.3. The van der Waals surface area contributed by atoms with Crippen LogP contribution in [0.1, 0.15) is 21.5 Å². The van der Waals surface area contributed by atoms with Crippen molar-refractivity contribution in [1.82, 2.24) is 4.90 Å². The SMILES string of the molecule is Cc1ccc(S(=O)(=O)N(Cc2ccc(Cl)cc2)c2ccccc2C(=O)N2CCOCC2)cc1. The van der Waals surface area contributed by atoms with Crippen molar-refractivity contribution in [3.63, 3.8) is 0 Å². The predicted octanol–water partition coefficient (Wildman–Crippen LogP) is 4.52. The number of anilines is 1. The molecule has 1 aliphatic rings. The van der Waals surface area contributed by atoms with Crippen LogP contribution in [0.25, 0.3) is 0 Å². The van der Waals surface area contributed by atoms with E-state index in [4.69, 9.17) is 16.3 Å². The summed E-state index contributed by atoms with van der Waals surface area (Å²) in [6.07, 6.45) is 0. The average Bonchev–Trinajstić information content (AvgIpc) is 2.84. The maximum atomic E-state index is 13.8. The maximum absolute atomic E-state index is 13.8. The summed E-state index contributed by atoms with van der Waals surface area (Å²) >= 11 is 6.03. The van der Waals surface area contributed by atoms with Gasteiger partial charge in [0, 0.05) is 18.1 Å². The minimum Gasteiger partial charge on any atom is -0.378 e. The second-order valence-corrected chi connectivity index (χ2v) is 10.2. The number of para-hydroxylation sites is 1. The van der Waals surface area contributed by atoms with E-state index in [1.165, 1.54) is 4.31 Å². The highest BCUT2D eigenvalue weighted by atomic mass is 35.5. The molecule has 0 atom stereocenters. The molecule has 8 heteroatoms. The summed E-state index contributed by atoms with van der Waals surface area (Å²) in [6.45, 7) is 3.82. The lowest BCUT2D eigenvalue weighted by atomic mass is 10.1. The first-order valence-corrected chi connectivity index (χ1v) is 12.5. The normalized spacial score (nSPS) is 14.2. The Morgan fingerprint density at radius 3 is 2.27 bits per heavy atom. The summed E-state index contributed by atoms with van der Waals surface area (Å²) in [5, 5.41) is 0.564. The molecule has 0 unspecified atom stereocenters. The molecule has 3 aromatic rings. The standard InChI is InChI=1S/C25H25ClN2O4S/c1-19-6-12-22(13-7-19)33(30,31)28(18-20-8-10-21(26)11-9-20)24-5-3-2-4-23(24)25(29)27-14-16-32-17-15-27/h2-13H,14-18H2,1H3. The van der Waals surface area contributed by atoms with E-state index in [1.807, 2.05) is 6.92 Å². The van der Waals surface area contributed by atoms with E-state index in [0.717, 1.165) is 11.1 Å². The van der Waals surface area contributed by atoms with Gasteiger partial charge in [-0.1, -0.05) is 53.6 Å². The van der Waals surface area contributed by atoms with Crippen LogP contribution < -0.4 is 4.31 Å². The van der Waals surface area contributed by atoms with Crippen molar-refractivity contribution in [2.24, 2.45) is 0 Å². The fourth-order valence-corrected chi connectivity index (χ4v) is 5.30. The molecule has 0 N–H and O–H groups in total. The molecule has 6 nitrogen and oxygen atoms in total. The Labute approximate surface area is 199 Å². The van der Waals surface area contributed by atoms with Crippen LogP contribution in [0.5, 0.6) is 0 Å². The molecule has 0 bridgehead atoms. The van der Waals surface area contributed by atoms with Gasteiger partial charge in [0.05, 0.1) is 35.9 Å². The van der Waals surface area contributed by atoms with Gasteiger partial charge in [0.1, 0.15) is 0 Å². The number of benzene rings is 3. The van der Waals surface area contributed by atoms with Gasteiger partial charge in [-0.3, -0.25) is 9.10 Å². The Morgan fingerprint density at radius 2 is 1.61 bits per heavy atom. The van der Waals surface area contributed by atoms with Crippen LogP contribution in [0.2, 0.25) is 5.02 Å². The summed E-state index contributed by atoms with van der Waals surface area (Å²) in [7, 11) is -3.96. The maximum Gasteiger partial charge on any atom is 0.264 e. The molecule has 172 valence electrons. The van der Waals surface area contributed by atoms with Gasteiger partial charge in [0.2, 0.25) is 0 Å². The van der Waals surface area contributed by atoms with Gasteiger partial charge in [-0.15, -0.1) is 0 Å². The van der Waals surface area contributed by atoms with E-state index in [-0.39, 0.29) is 17.3 Å². The molecule has 0 aliphatic carbocycles. The van der Waals surface area contributed by atoms with Crippen molar-refractivity contribution >= 4 is 33.2 Å².